The second kappa shape index (κ2) is 5.37. The Morgan fingerprint density at radius 2 is 2.14 bits per heavy atom. The monoisotopic (exact) mass is 215 g/mol. The summed E-state index contributed by atoms with van der Waals surface area (Å²) in [6, 6.07) is 0. The van der Waals surface area contributed by atoms with Crippen LogP contribution in [0.4, 0.5) is 0 Å². The number of nitrogens with two attached hydrogens (primary N) is 1. The van der Waals surface area contributed by atoms with Crippen molar-refractivity contribution in [1.29, 1.82) is 0 Å². The van der Waals surface area contributed by atoms with E-state index >= 15 is 0 Å². The standard InChI is InChI=1S/C10H18ClN3/c1-3-8-10(11)9(14(2)13-8)6-4-5-7-12/h3-7,12H2,1-2H3. The smallest absolute Gasteiger partial charge is 0.0849 e. The molecule has 0 saturated carbocycles. The first-order valence-electron chi connectivity index (χ1n) is 5.11. The number of hydrogen-bond acceptors (Lipinski definition) is 2. The van der Waals surface area contributed by atoms with Crippen molar-refractivity contribution < 1.29 is 0 Å². The molecule has 80 valence electrons. The zero-order valence-electron chi connectivity index (χ0n) is 8.89. The molecule has 1 aromatic heterocycles. The summed E-state index contributed by atoms with van der Waals surface area (Å²) in [5.41, 5.74) is 7.58. The third-order valence-electron chi connectivity index (χ3n) is 2.37. The highest BCUT2D eigenvalue weighted by Gasteiger charge is 2.11. The molecular weight excluding hydrogens is 198 g/mol. The topological polar surface area (TPSA) is 43.8 Å². The number of hydrogen-bond donors (Lipinski definition) is 1. The van der Waals surface area contributed by atoms with E-state index in [0.717, 1.165) is 48.6 Å². The number of nitrogens with zero attached hydrogens (tertiary/aromatic N) is 2. The van der Waals surface area contributed by atoms with E-state index in [9.17, 15) is 0 Å². The molecule has 0 amide bonds. The number of aromatic nitrogens is 2. The Bertz CT molecular complexity index is 294. The van der Waals surface area contributed by atoms with Crippen LogP contribution < -0.4 is 5.73 Å². The van der Waals surface area contributed by atoms with Crippen LogP contribution in [0.5, 0.6) is 0 Å². The molecule has 0 radical (unpaired) electrons. The largest absolute Gasteiger partial charge is 0.330 e. The third-order valence-corrected chi connectivity index (χ3v) is 2.81. The fraction of sp³-hybridized carbons (Fsp3) is 0.700. The molecule has 0 unspecified atom stereocenters. The molecule has 0 bridgehead atoms. The SMILES string of the molecule is CCc1nn(C)c(CCCCN)c1Cl. The number of rotatable bonds is 5. The van der Waals surface area contributed by atoms with Gasteiger partial charge in [0, 0.05) is 7.05 Å². The lowest BCUT2D eigenvalue weighted by molar-refractivity contribution is 0.659. The van der Waals surface area contributed by atoms with Gasteiger partial charge in [0.2, 0.25) is 0 Å². The Hall–Kier alpha value is -0.540. The van der Waals surface area contributed by atoms with Crippen LogP contribution in [0.3, 0.4) is 0 Å². The summed E-state index contributed by atoms with van der Waals surface area (Å²) in [4.78, 5) is 0. The summed E-state index contributed by atoms with van der Waals surface area (Å²) in [7, 11) is 1.95. The van der Waals surface area contributed by atoms with Gasteiger partial charge >= 0.3 is 0 Å². The van der Waals surface area contributed by atoms with Crippen LogP contribution in [0.1, 0.15) is 31.2 Å². The quantitative estimate of drug-likeness (QED) is 0.763. The average molecular weight is 216 g/mol. The van der Waals surface area contributed by atoms with Crippen LogP contribution in [-0.4, -0.2) is 16.3 Å². The third kappa shape index (κ3) is 2.49. The number of unbranched alkanes of at least 4 members (excludes halogenated alkanes) is 1. The van der Waals surface area contributed by atoms with E-state index in [1.807, 2.05) is 11.7 Å². The van der Waals surface area contributed by atoms with Crippen LogP contribution in [0, 0.1) is 0 Å². The number of halogens is 1. The van der Waals surface area contributed by atoms with Crippen molar-refractivity contribution in [1.82, 2.24) is 9.78 Å². The molecule has 0 spiro atoms. The van der Waals surface area contributed by atoms with E-state index in [4.69, 9.17) is 17.3 Å². The molecule has 0 fully saturated rings. The van der Waals surface area contributed by atoms with Gasteiger partial charge in [0.15, 0.2) is 0 Å². The minimum atomic E-state index is 0.746. The Kier molecular flexibility index (Phi) is 4.42. The van der Waals surface area contributed by atoms with Gasteiger partial charge in [0.25, 0.3) is 0 Å². The summed E-state index contributed by atoms with van der Waals surface area (Å²) >= 11 is 6.19. The lowest BCUT2D eigenvalue weighted by Gasteiger charge is -2.01. The molecule has 0 aliphatic carbocycles. The van der Waals surface area contributed by atoms with Gasteiger partial charge < -0.3 is 5.73 Å². The summed E-state index contributed by atoms with van der Waals surface area (Å²) in [6.45, 7) is 2.81. The minimum absolute atomic E-state index is 0.746. The molecule has 3 nitrogen and oxygen atoms in total. The molecule has 0 aliphatic rings. The van der Waals surface area contributed by atoms with Gasteiger partial charge in [-0.1, -0.05) is 18.5 Å². The Morgan fingerprint density at radius 3 is 2.64 bits per heavy atom. The van der Waals surface area contributed by atoms with E-state index < -0.39 is 0 Å². The van der Waals surface area contributed by atoms with Crippen LogP contribution >= 0.6 is 11.6 Å². The van der Waals surface area contributed by atoms with E-state index in [-0.39, 0.29) is 0 Å². The Morgan fingerprint density at radius 1 is 1.43 bits per heavy atom. The van der Waals surface area contributed by atoms with Gasteiger partial charge in [-0.15, -0.1) is 0 Å². The van der Waals surface area contributed by atoms with Crippen molar-refractivity contribution in [2.75, 3.05) is 6.54 Å². The van der Waals surface area contributed by atoms with Crippen molar-refractivity contribution in [3.05, 3.63) is 16.4 Å². The van der Waals surface area contributed by atoms with Crippen LogP contribution in [0.2, 0.25) is 5.02 Å². The van der Waals surface area contributed by atoms with E-state index in [0.29, 0.717) is 0 Å². The van der Waals surface area contributed by atoms with Crippen LogP contribution in [0.15, 0.2) is 0 Å². The van der Waals surface area contributed by atoms with Crippen molar-refractivity contribution in [3.63, 3.8) is 0 Å². The average Bonchev–Trinajstić information content (AvgIpc) is 2.45. The molecule has 0 atom stereocenters. The molecule has 0 aromatic carbocycles. The number of aryl methyl sites for hydroxylation is 2. The molecule has 0 aliphatic heterocycles. The zero-order chi connectivity index (χ0) is 10.6. The molecule has 0 saturated heterocycles. The van der Waals surface area contributed by atoms with Crippen LogP contribution in [-0.2, 0) is 19.9 Å². The van der Waals surface area contributed by atoms with E-state index in [2.05, 4.69) is 12.0 Å². The zero-order valence-corrected chi connectivity index (χ0v) is 9.64. The van der Waals surface area contributed by atoms with Gasteiger partial charge in [-0.2, -0.15) is 5.10 Å². The first-order valence-corrected chi connectivity index (χ1v) is 5.48. The second-order valence-electron chi connectivity index (χ2n) is 3.43. The normalized spacial score (nSPS) is 10.9. The molecule has 14 heavy (non-hydrogen) atoms. The van der Waals surface area contributed by atoms with Gasteiger partial charge in [-0.25, -0.2) is 0 Å². The van der Waals surface area contributed by atoms with Gasteiger partial charge in [0.05, 0.1) is 16.4 Å². The van der Waals surface area contributed by atoms with E-state index in [1.54, 1.807) is 0 Å². The summed E-state index contributed by atoms with van der Waals surface area (Å²) in [5.74, 6) is 0. The molecule has 1 rings (SSSR count). The lowest BCUT2D eigenvalue weighted by Crippen LogP contribution is -2.02. The van der Waals surface area contributed by atoms with Gasteiger partial charge in [0.1, 0.15) is 0 Å². The Balaban J connectivity index is 2.70. The highest BCUT2D eigenvalue weighted by molar-refractivity contribution is 6.31. The summed E-state index contributed by atoms with van der Waals surface area (Å²) in [6.07, 6.45) is 3.99. The predicted octanol–water partition coefficient (Wildman–Crippen LogP) is 1.92. The first kappa shape index (κ1) is 11.5. The van der Waals surface area contributed by atoms with Crippen molar-refractivity contribution in [2.45, 2.75) is 32.6 Å². The van der Waals surface area contributed by atoms with Crippen molar-refractivity contribution in [2.24, 2.45) is 12.8 Å². The maximum atomic E-state index is 6.19. The maximum absolute atomic E-state index is 6.19. The summed E-state index contributed by atoms with van der Waals surface area (Å²) < 4.78 is 1.89. The highest BCUT2D eigenvalue weighted by Crippen LogP contribution is 2.22. The van der Waals surface area contributed by atoms with Gasteiger partial charge in [-0.3, -0.25) is 4.68 Å². The fourth-order valence-corrected chi connectivity index (χ4v) is 1.92. The Labute approximate surface area is 90.2 Å². The minimum Gasteiger partial charge on any atom is -0.330 e. The van der Waals surface area contributed by atoms with E-state index in [1.165, 1.54) is 0 Å². The highest BCUT2D eigenvalue weighted by atomic mass is 35.5. The van der Waals surface area contributed by atoms with Gasteiger partial charge in [-0.05, 0) is 32.2 Å². The molecule has 2 N–H and O–H groups in total. The lowest BCUT2D eigenvalue weighted by atomic mass is 10.2. The van der Waals surface area contributed by atoms with Crippen molar-refractivity contribution in [3.8, 4) is 0 Å². The second-order valence-corrected chi connectivity index (χ2v) is 3.81. The first-order chi connectivity index (χ1) is 6.70. The summed E-state index contributed by atoms with van der Waals surface area (Å²) in [5, 5.41) is 5.20. The predicted molar refractivity (Wildman–Crippen MR) is 59.6 cm³/mol. The molecular formula is C10H18ClN3. The molecule has 4 heteroatoms. The maximum Gasteiger partial charge on any atom is 0.0849 e. The fourth-order valence-electron chi connectivity index (χ4n) is 1.53. The molecule has 1 aromatic rings. The van der Waals surface area contributed by atoms with Crippen molar-refractivity contribution >= 4 is 11.6 Å². The molecule has 1 heterocycles. The van der Waals surface area contributed by atoms with Crippen LogP contribution in [0.25, 0.3) is 0 Å².